The van der Waals surface area contributed by atoms with Crippen molar-refractivity contribution in [3.05, 3.63) is 83.9 Å². The molecular weight excluding hydrogens is 440 g/mol. The molecule has 7 nitrogen and oxygen atoms in total. The molecule has 0 aromatic heterocycles. The molecule has 0 saturated heterocycles. The van der Waals surface area contributed by atoms with Crippen LogP contribution in [-0.4, -0.2) is 41.1 Å². The van der Waals surface area contributed by atoms with Gasteiger partial charge in [0.05, 0.1) is 24.2 Å². The van der Waals surface area contributed by atoms with Crippen LogP contribution >= 0.6 is 0 Å². The first kappa shape index (κ1) is 24.1. The number of benzene rings is 3. The number of para-hydroxylation sites is 1. The fourth-order valence-corrected chi connectivity index (χ4v) is 4.55. The summed E-state index contributed by atoms with van der Waals surface area (Å²) in [6.45, 7) is 4.19. The molecule has 0 heterocycles. The minimum atomic E-state index is -3.97. The number of carbonyl (C=O) groups is 1. The normalized spacial score (nSPS) is 11.0. The third-order valence-electron chi connectivity index (χ3n) is 5.15. The number of carbonyl (C=O) groups excluding carboxylic acids is 1. The van der Waals surface area contributed by atoms with E-state index in [-0.39, 0.29) is 24.6 Å². The molecule has 0 aliphatic carbocycles. The van der Waals surface area contributed by atoms with Gasteiger partial charge in [0.2, 0.25) is 5.91 Å². The van der Waals surface area contributed by atoms with Crippen molar-refractivity contribution < 1.29 is 22.7 Å². The maximum Gasteiger partial charge on any atom is 0.264 e. The van der Waals surface area contributed by atoms with Gasteiger partial charge in [-0.3, -0.25) is 9.10 Å². The van der Waals surface area contributed by atoms with Gasteiger partial charge in [0.15, 0.2) is 0 Å². The number of nitrogens with zero attached hydrogens (tertiary/aromatic N) is 1. The first-order valence-corrected chi connectivity index (χ1v) is 11.9. The highest BCUT2D eigenvalue weighted by Gasteiger charge is 2.27. The van der Waals surface area contributed by atoms with Crippen LogP contribution < -0.4 is 19.1 Å². The Balaban J connectivity index is 1.67. The van der Waals surface area contributed by atoms with Crippen molar-refractivity contribution in [3.8, 4) is 11.5 Å². The summed E-state index contributed by atoms with van der Waals surface area (Å²) in [4.78, 5) is 12.7. The minimum Gasteiger partial charge on any atom is -0.497 e. The number of amides is 1. The van der Waals surface area contributed by atoms with Crippen LogP contribution in [0, 0.1) is 13.8 Å². The average Bonchev–Trinajstić information content (AvgIpc) is 2.83. The molecule has 1 amide bonds. The SMILES string of the molecule is COc1ccc(S(=O)(=O)N(CC(=O)NCCOc2ccc(C)c(C)c2)c2ccccc2)cc1. The van der Waals surface area contributed by atoms with Crippen molar-refractivity contribution >= 4 is 21.6 Å². The van der Waals surface area contributed by atoms with Crippen LogP contribution in [0.1, 0.15) is 11.1 Å². The molecule has 33 heavy (non-hydrogen) atoms. The lowest BCUT2D eigenvalue weighted by Gasteiger charge is -2.24. The number of anilines is 1. The summed E-state index contributed by atoms with van der Waals surface area (Å²) in [5, 5.41) is 2.73. The quantitative estimate of drug-likeness (QED) is 0.459. The van der Waals surface area contributed by atoms with E-state index in [1.807, 2.05) is 32.0 Å². The Hall–Kier alpha value is -3.52. The second-order valence-corrected chi connectivity index (χ2v) is 9.33. The molecule has 0 aliphatic heterocycles. The van der Waals surface area contributed by atoms with Gasteiger partial charge in [-0.15, -0.1) is 0 Å². The standard InChI is InChI=1S/C25H28N2O5S/c1-19-9-10-23(17-20(19)2)32-16-15-26-25(28)18-27(21-7-5-4-6-8-21)33(29,30)24-13-11-22(31-3)12-14-24/h4-14,17H,15-16,18H2,1-3H3,(H,26,28). The summed E-state index contributed by atoms with van der Waals surface area (Å²) in [5.41, 5.74) is 2.70. The predicted octanol–water partition coefficient (Wildman–Crippen LogP) is 3.70. The number of aryl methyl sites for hydroxylation is 2. The lowest BCUT2D eigenvalue weighted by molar-refractivity contribution is -0.119. The maximum atomic E-state index is 13.3. The smallest absolute Gasteiger partial charge is 0.264 e. The van der Waals surface area contributed by atoms with Crippen molar-refractivity contribution in [2.24, 2.45) is 0 Å². The molecule has 3 aromatic rings. The van der Waals surface area contributed by atoms with E-state index >= 15 is 0 Å². The summed E-state index contributed by atoms with van der Waals surface area (Å²) < 4.78 is 38.5. The van der Waals surface area contributed by atoms with Gasteiger partial charge in [0.1, 0.15) is 24.7 Å². The molecule has 0 radical (unpaired) electrons. The van der Waals surface area contributed by atoms with Crippen molar-refractivity contribution in [1.82, 2.24) is 5.32 Å². The number of rotatable bonds is 10. The Morgan fingerprint density at radius 1 is 0.909 bits per heavy atom. The van der Waals surface area contributed by atoms with Gasteiger partial charge in [-0.05, 0) is 73.5 Å². The van der Waals surface area contributed by atoms with Gasteiger partial charge in [0, 0.05) is 0 Å². The highest BCUT2D eigenvalue weighted by molar-refractivity contribution is 7.92. The largest absolute Gasteiger partial charge is 0.497 e. The van der Waals surface area contributed by atoms with Crippen LogP contribution in [0.25, 0.3) is 0 Å². The number of ether oxygens (including phenoxy) is 2. The molecule has 0 fully saturated rings. The van der Waals surface area contributed by atoms with Crippen molar-refractivity contribution in [3.63, 3.8) is 0 Å². The van der Waals surface area contributed by atoms with E-state index in [1.54, 1.807) is 42.5 Å². The monoisotopic (exact) mass is 468 g/mol. The molecule has 0 spiro atoms. The molecule has 3 aromatic carbocycles. The first-order valence-electron chi connectivity index (χ1n) is 10.5. The molecule has 0 atom stereocenters. The summed E-state index contributed by atoms with van der Waals surface area (Å²) in [6.07, 6.45) is 0. The van der Waals surface area contributed by atoms with Crippen LogP contribution in [0.3, 0.4) is 0 Å². The van der Waals surface area contributed by atoms with Gasteiger partial charge in [-0.2, -0.15) is 0 Å². The highest BCUT2D eigenvalue weighted by Crippen LogP contribution is 2.24. The van der Waals surface area contributed by atoms with Gasteiger partial charge < -0.3 is 14.8 Å². The Kier molecular flexibility index (Phi) is 7.95. The maximum absolute atomic E-state index is 13.3. The molecule has 1 N–H and O–H groups in total. The van der Waals surface area contributed by atoms with E-state index in [2.05, 4.69) is 5.32 Å². The molecule has 3 rings (SSSR count). The number of hydrogen-bond acceptors (Lipinski definition) is 5. The third-order valence-corrected chi connectivity index (χ3v) is 6.94. The van der Waals surface area contributed by atoms with Crippen LogP contribution in [0.5, 0.6) is 11.5 Å². The molecular formula is C25H28N2O5S. The van der Waals surface area contributed by atoms with E-state index in [1.165, 1.54) is 24.8 Å². The first-order chi connectivity index (χ1) is 15.8. The Morgan fingerprint density at radius 3 is 2.21 bits per heavy atom. The summed E-state index contributed by atoms with van der Waals surface area (Å²) in [7, 11) is -2.46. The molecule has 174 valence electrons. The minimum absolute atomic E-state index is 0.0676. The number of methoxy groups -OCH3 is 1. The Morgan fingerprint density at radius 2 is 1.58 bits per heavy atom. The van der Waals surface area contributed by atoms with E-state index in [4.69, 9.17) is 9.47 Å². The predicted molar refractivity (Wildman–Crippen MR) is 128 cm³/mol. The fraction of sp³-hybridized carbons (Fsp3) is 0.240. The van der Waals surface area contributed by atoms with Crippen LogP contribution in [0.15, 0.2) is 77.7 Å². The van der Waals surface area contributed by atoms with Gasteiger partial charge in [0.25, 0.3) is 10.0 Å². The summed E-state index contributed by atoms with van der Waals surface area (Å²) in [6, 6.07) is 20.4. The lowest BCUT2D eigenvalue weighted by Crippen LogP contribution is -2.41. The molecule has 0 unspecified atom stereocenters. The van der Waals surface area contributed by atoms with Crippen molar-refractivity contribution in [2.75, 3.05) is 31.1 Å². The summed E-state index contributed by atoms with van der Waals surface area (Å²) in [5.74, 6) is 0.835. The van der Waals surface area contributed by atoms with E-state index < -0.39 is 15.9 Å². The zero-order chi connectivity index (χ0) is 23.8. The fourth-order valence-electron chi connectivity index (χ4n) is 3.13. The van der Waals surface area contributed by atoms with Crippen molar-refractivity contribution in [1.29, 1.82) is 0 Å². The van der Waals surface area contributed by atoms with Crippen LogP contribution in [-0.2, 0) is 14.8 Å². The molecule has 0 aliphatic rings. The highest BCUT2D eigenvalue weighted by atomic mass is 32.2. The van der Waals surface area contributed by atoms with Crippen LogP contribution in [0.4, 0.5) is 5.69 Å². The zero-order valence-corrected chi connectivity index (χ0v) is 19.8. The second-order valence-electron chi connectivity index (χ2n) is 7.47. The number of sulfonamides is 1. The summed E-state index contributed by atoms with van der Waals surface area (Å²) >= 11 is 0. The van der Waals surface area contributed by atoms with Gasteiger partial charge >= 0.3 is 0 Å². The van der Waals surface area contributed by atoms with Gasteiger partial charge in [-0.25, -0.2) is 8.42 Å². The number of nitrogens with one attached hydrogen (secondary N) is 1. The van der Waals surface area contributed by atoms with Gasteiger partial charge in [-0.1, -0.05) is 24.3 Å². The molecule has 0 bridgehead atoms. The lowest BCUT2D eigenvalue weighted by atomic mass is 10.1. The van der Waals surface area contributed by atoms with E-state index in [9.17, 15) is 13.2 Å². The second kappa shape index (κ2) is 10.9. The van der Waals surface area contributed by atoms with E-state index in [0.29, 0.717) is 11.4 Å². The topological polar surface area (TPSA) is 84.9 Å². The van der Waals surface area contributed by atoms with Crippen molar-refractivity contribution in [2.45, 2.75) is 18.7 Å². The number of hydrogen-bond donors (Lipinski definition) is 1. The zero-order valence-electron chi connectivity index (χ0n) is 18.9. The van der Waals surface area contributed by atoms with E-state index in [0.717, 1.165) is 15.6 Å². The molecule has 8 heteroatoms. The average molecular weight is 469 g/mol. The third kappa shape index (κ3) is 6.26. The van der Waals surface area contributed by atoms with Crippen LogP contribution in [0.2, 0.25) is 0 Å². The Labute approximate surface area is 195 Å². The Bertz CT molecular complexity index is 1180. The molecule has 0 saturated carbocycles.